The zero-order valence-electron chi connectivity index (χ0n) is 9.09. The number of nitrogens with zero attached hydrogens (tertiary/aromatic N) is 2. The Morgan fingerprint density at radius 1 is 1.38 bits per heavy atom. The Hall–Kier alpha value is -0.830. The van der Waals surface area contributed by atoms with Gasteiger partial charge in [-0.15, -0.1) is 0 Å². The Labute approximate surface area is 79.7 Å². The fourth-order valence-corrected chi connectivity index (χ4v) is 1.16. The van der Waals surface area contributed by atoms with Crippen LogP contribution < -0.4 is 0 Å². The average molecular weight is 182 g/mol. The Morgan fingerprint density at radius 3 is 2.38 bits per heavy atom. The molecule has 0 amide bonds. The molecule has 13 heavy (non-hydrogen) atoms. The molecule has 0 fully saturated rings. The van der Waals surface area contributed by atoms with E-state index >= 15 is 0 Å². The molecule has 1 heterocycles. The van der Waals surface area contributed by atoms with Crippen molar-refractivity contribution in [3.63, 3.8) is 0 Å². The molecule has 0 saturated carbocycles. The summed E-state index contributed by atoms with van der Waals surface area (Å²) in [5.41, 5.74) is 2.22. The zero-order valence-corrected chi connectivity index (χ0v) is 9.09. The van der Waals surface area contributed by atoms with Crippen LogP contribution in [-0.4, -0.2) is 23.1 Å². The highest BCUT2D eigenvalue weighted by molar-refractivity contribution is 5.20. The fourth-order valence-electron chi connectivity index (χ4n) is 1.16. The van der Waals surface area contributed by atoms with Crippen LogP contribution in [0, 0.1) is 13.8 Å². The van der Waals surface area contributed by atoms with Gasteiger partial charge >= 0.3 is 0 Å². The minimum absolute atomic E-state index is 0.550. The molecular weight excluding hydrogens is 164 g/mol. The van der Waals surface area contributed by atoms with E-state index in [1.165, 1.54) is 5.56 Å². The van der Waals surface area contributed by atoms with Crippen LogP contribution >= 0.6 is 0 Å². The standard InChI is InChI=1S/C10H18N2O/c1-7(2)12(5)6-10-8(3)11-13-9(10)4/h7H,6H2,1-5H3. The molecule has 1 aromatic heterocycles. The molecule has 0 bridgehead atoms. The molecule has 0 spiro atoms. The largest absolute Gasteiger partial charge is 0.361 e. The predicted octanol–water partition coefficient (Wildman–Crippen LogP) is 2.13. The van der Waals surface area contributed by atoms with Gasteiger partial charge in [0, 0.05) is 18.2 Å². The highest BCUT2D eigenvalue weighted by Crippen LogP contribution is 2.14. The van der Waals surface area contributed by atoms with E-state index in [2.05, 4.69) is 31.0 Å². The van der Waals surface area contributed by atoms with Crippen molar-refractivity contribution in [2.45, 2.75) is 40.3 Å². The summed E-state index contributed by atoms with van der Waals surface area (Å²) >= 11 is 0. The number of rotatable bonds is 3. The van der Waals surface area contributed by atoms with Crippen molar-refractivity contribution in [3.05, 3.63) is 17.0 Å². The third-order valence-corrected chi connectivity index (χ3v) is 2.47. The van der Waals surface area contributed by atoms with Crippen LogP contribution in [0.4, 0.5) is 0 Å². The lowest BCUT2D eigenvalue weighted by Crippen LogP contribution is -2.26. The highest BCUT2D eigenvalue weighted by Gasteiger charge is 2.12. The van der Waals surface area contributed by atoms with Gasteiger partial charge in [0.25, 0.3) is 0 Å². The molecule has 3 nitrogen and oxygen atoms in total. The summed E-state index contributed by atoms with van der Waals surface area (Å²) in [6.07, 6.45) is 0. The predicted molar refractivity (Wildman–Crippen MR) is 52.6 cm³/mol. The molecule has 0 aliphatic carbocycles. The maximum atomic E-state index is 5.10. The van der Waals surface area contributed by atoms with Crippen molar-refractivity contribution < 1.29 is 4.52 Å². The summed E-state index contributed by atoms with van der Waals surface area (Å²) < 4.78 is 5.10. The van der Waals surface area contributed by atoms with Gasteiger partial charge in [0.15, 0.2) is 0 Å². The Kier molecular flexibility index (Phi) is 3.09. The van der Waals surface area contributed by atoms with Gasteiger partial charge in [-0.05, 0) is 34.7 Å². The molecule has 0 aliphatic heterocycles. The second kappa shape index (κ2) is 3.92. The Bertz CT molecular complexity index is 259. The van der Waals surface area contributed by atoms with Crippen LogP contribution in [0.1, 0.15) is 30.9 Å². The van der Waals surface area contributed by atoms with E-state index in [1.807, 2.05) is 13.8 Å². The van der Waals surface area contributed by atoms with Crippen molar-refractivity contribution in [2.75, 3.05) is 7.05 Å². The van der Waals surface area contributed by atoms with Crippen molar-refractivity contribution in [2.24, 2.45) is 0 Å². The zero-order chi connectivity index (χ0) is 10.0. The van der Waals surface area contributed by atoms with Gasteiger partial charge in [-0.3, -0.25) is 4.90 Å². The minimum Gasteiger partial charge on any atom is -0.361 e. The van der Waals surface area contributed by atoms with Gasteiger partial charge in [-0.25, -0.2) is 0 Å². The molecule has 74 valence electrons. The average Bonchev–Trinajstić information content (AvgIpc) is 2.35. The van der Waals surface area contributed by atoms with E-state index in [0.29, 0.717) is 6.04 Å². The van der Waals surface area contributed by atoms with E-state index in [4.69, 9.17) is 4.52 Å². The Balaban J connectivity index is 2.73. The van der Waals surface area contributed by atoms with Crippen LogP contribution in [0.15, 0.2) is 4.52 Å². The van der Waals surface area contributed by atoms with E-state index in [-0.39, 0.29) is 0 Å². The highest BCUT2D eigenvalue weighted by atomic mass is 16.5. The second-order valence-electron chi connectivity index (χ2n) is 3.81. The first-order valence-corrected chi connectivity index (χ1v) is 4.64. The van der Waals surface area contributed by atoms with Crippen molar-refractivity contribution in [1.82, 2.24) is 10.1 Å². The number of aromatic nitrogens is 1. The van der Waals surface area contributed by atoms with Crippen LogP contribution in [0.5, 0.6) is 0 Å². The first-order chi connectivity index (χ1) is 6.02. The van der Waals surface area contributed by atoms with E-state index < -0.39 is 0 Å². The molecule has 0 aliphatic rings. The SMILES string of the molecule is Cc1noc(C)c1CN(C)C(C)C. The van der Waals surface area contributed by atoms with Crippen LogP contribution in [0.3, 0.4) is 0 Å². The molecular formula is C10H18N2O. The summed E-state index contributed by atoms with van der Waals surface area (Å²) in [5, 5.41) is 3.93. The molecule has 3 heteroatoms. The van der Waals surface area contributed by atoms with Crippen LogP contribution in [0.2, 0.25) is 0 Å². The summed E-state index contributed by atoms with van der Waals surface area (Å²) in [6, 6.07) is 0.550. The first-order valence-electron chi connectivity index (χ1n) is 4.64. The smallest absolute Gasteiger partial charge is 0.138 e. The van der Waals surface area contributed by atoms with E-state index in [9.17, 15) is 0 Å². The lowest BCUT2D eigenvalue weighted by atomic mass is 10.2. The van der Waals surface area contributed by atoms with E-state index in [0.717, 1.165) is 18.0 Å². The third kappa shape index (κ3) is 2.31. The molecule has 0 N–H and O–H groups in total. The summed E-state index contributed by atoms with van der Waals surface area (Å²) in [5.74, 6) is 0.935. The van der Waals surface area contributed by atoms with Crippen LogP contribution in [-0.2, 0) is 6.54 Å². The molecule has 0 saturated heterocycles. The fraction of sp³-hybridized carbons (Fsp3) is 0.700. The van der Waals surface area contributed by atoms with Crippen LogP contribution in [0.25, 0.3) is 0 Å². The summed E-state index contributed by atoms with van der Waals surface area (Å²) in [7, 11) is 2.11. The number of hydrogen-bond acceptors (Lipinski definition) is 3. The van der Waals surface area contributed by atoms with Crippen molar-refractivity contribution in [1.29, 1.82) is 0 Å². The molecule has 1 rings (SSSR count). The van der Waals surface area contributed by atoms with Crippen molar-refractivity contribution >= 4 is 0 Å². The lowest BCUT2D eigenvalue weighted by Gasteiger charge is -2.20. The summed E-state index contributed by atoms with van der Waals surface area (Å²) in [6.45, 7) is 9.22. The van der Waals surface area contributed by atoms with Gasteiger partial charge in [-0.2, -0.15) is 0 Å². The number of hydrogen-bond donors (Lipinski definition) is 0. The van der Waals surface area contributed by atoms with E-state index in [1.54, 1.807) is 0 Å². The first kappa shape index (κ1) is 10.3. The molecule has 0 atom stereocenters. The normalized spacial score (nSPS) is 11.6. The third-order valence-electron chi connectivity index (χ3n) is 2.47. The molecule has 0 aromatic carbocycles. The maximum absolute atomic E-state index is 5.10. The monoisotopic (exact) mass is 182 g/mol. The molecule has 1 aromatic rings. The minimum atomic E-state index is 0.550. The molecule has 0 unspecified atom stereocenters. The molecule has 0 radical (unpaired) electrons. The lowest BCUT2D eigenvalue weighted by molar-refractivity contribution is 0.263. The quantitative estimate of drug-likeness (QED) is 0.717. The number of aryl methyl sites for hydroxylation is 2. The van der Waals surface area contributed by atoms with Gasteiger partial charge in [0.2, 0.25) is 0 Å². The van der Waals surface area contributed by atoms with Gasteiger partial charge in [0.1, 0.15) is 5.76 Å². The summed E-state index contributed by atoms with van der Waals surface area (Å²) in [4.78, 5) is 2.27. The van der Waals surface area contributed by atoms with Gasteiger partial charge in [-0.1, -0.05) is 5.16 Å². The van der Waals surface area contributed by atoms with Crippen molar-refractivity contribution in [3.8, 4) is 0 Å². The Morgan fingerprint density at radius 2 is 2.00 bits per heavy atom. The maximum Gasteiger partial charge on any atom is 0.138 e. The second-order valence-corrected chi connectivity index (χ2v) is 3.81. The van der Waals surface area contributed by atoms with Gasteiger partial charge < -0.3 is 4.52 Å². The topological polar surface area (TPSA) is 29.3 Å². The van der Waals surface area contributed by atoms with Gasteiger partial charge in [0.05, 0.1) is 5.69 Å².